The Bertz CT molecular complexity index is 1670. The molecule has 1 amide bonds. The number of hydrogen-bond donors (Lipinski definition) is 3. The van der Waals surface area contributed by atoms with E-state index < -0.39 is 48.4 Å². The number of benzene rings is 3. The highest BCUT2D eigenvalue weighted by molar-refractivity contribution is 7.76. The van der Waals surface area contributed by atoms with Gasteiger partial charge in [0.2, 0.25) is 0 Å². The van der Waals surface area contributed by atoms with Gasteiger partial charge >= 0.3 is 13.3 Å². The molecule has 3 aromatic carbocycles. The first-order valence-corrected chi connectivity index (χ1v) is 13.9. The molecule has 0 bridgehead atoms. The lowest BCUT2D eigenvalue weighted by atomic mass is 9.78. The van der Waals surface area contributed by atoms with Crippen LogP contribution in [0.5, 0.6) is 0 Å². The van der Waals surface area contributed by atoms with E-state index in [9.17, 15) is 41.2 Å². The molecule has 0 saturated heterocycles. The van der Waals surface area contributed by atoms with Crippen molar-refractivity contribution in [2.45, 2.75) is 38.0 Å². The fraction of sp³-hybridized carbons (Fsp3) is 0.250. The Hall–Kier alpha value is -3.56. The minimum atomic E-state index is -4.88. The molecule has 1 saturated carbocycles. The maximum Gasteiger partial charge on any atom is 0.488 e. The van der Waals surface area contributed by atoms with E-state index in [-0.39, 0.29) is 40.4 Å². The van der Waals surface area contributed by atoms with Crippen molar-refractivity contribution < 1.29 is 45.6 Å². The zero-order valence-corrected chi connectivity index (χ0v) is 22.9. The molecule has 0 radical (unpaired) electrons. The van der Waals surface area contributed by atoms with Gasteiger partial charge in [-0.15, -0.1) is 0 Å². The van der Waals surface area contributed by atoms with Crippen LogP contribution in [-0.2, 0) is 30.5 Å². The second-order valence-electron chi connectivity index (χ2n) is 10.0. The van der Waals surface area contributed by atoms with E-state index in [1.54, 1.807) is 12.1 Å². The van der Waals surface area contributed by atoms with E-state index >= 15 is 0 Å². The van der Waals surface area contributed by atoms with Crippen molar-refractivity contribution in [1.82, 2.24) is 9.62 Å². The van der Waals surface area contributed by atoms with Gasteiger partial charge in [0.05, 0.1) is 11.1 Å². The van der Waals surface area contributed by atoms with Crippen molar-refractivity contribution >= 4 is 40.7 Å². The lowest BCUT2D eigenvalue weighted by molar-refractivity contribution is -0.138. The molecule has 5 rings (SSSR count). The summed E-state index contributed by atoms with van der Waals surface area (Å²) in [6.07, 6.45) is -3.27. The number of furan rings is 1. The third-order valence-corrected chi connectivity index (χ3v) is 7.85. The largest absolute Gasteiger partial charge is 0.760 e. The molecule has 1 aliphatic rings. The standard InChI is InChI=1S/C28H25BF4N2O6S/c1-34-27(36)25-22-12-21(15-2-3-15)18(10-24(22)41-26(25)16-5-8-20(30)9-6-16)14-35(42(39)40)13-17-4-7-19(29(37)38)11-23(17)28(31,32)33/h4-12,15,37-38H,2-3,13-14H2,1H3,(H,34,36)(H,39,40)/p-1. The van der Waals surface area contributed by atoms with Crippen LogP contribution in [0.4, 0.5) is 17.6 Å². The number of nitrogens with one attached hydrogen (secondary N) is 1. The molecular weight excluding hydrogens is 579 g/mol. The van der Waals surface area contributed by atoms with Crippen molar-refractivity contribution in [3.05, 3.63) is 88.2 Å². The zero-order chi connectivity index (χ0) is 30.3. The van der Waals surface area contributed by atoms with Crippen LogP contribution >= 0.6 is 0 Å². The van der Waals surface area contributed by atoms with Gasteiger partial charge in [-0.05, 0) is 83.4 Å². The molecule has 0 spiro atoms. The smallest absolute Gasteiger partial charge is 0.488 e. The molecule has 8 nitrogen and oxygen atoms in total. The Morgan fingerprint density at radius 2 is 1.76 bits per heavy atom. The quantitative estimate of drug-likeness (QED) is 0.151. The van der Waals surface area contributed by atoms with Crippen molar-refractivity contribution in [3.63, 3.8) is 0 Å². The summed E-state index contributed by atoms with van der Waals surface area (Å²) in [7, 11) is -0.679. The maximum atomic E-state index is 13.8. The molecule has 1 fully saturated rings. The summed E-state index contributed by atoms with van der Waals surface area (Å²) in [5, 5.41) is 21.7. The fourth-order valence-corrected chi connectivity index (χ4v) is 5.45. The van der Waals surface area contributed by atoms with Crippen molar-refractivity contribution in [2.24, 2.45) is 0 Å². The van der Waals surface area contributed by atoms with Gasteiger partial charge in [0.1, 0.15) is 17.2 Å². The highest BCUT2D eigenvalue weighted by Gasteiger charge is 2.35. The van der Waals surface area contributed by atoms with Gasteiger partial charge in [-0.2, -0.15) is 13.2 Å². The Morgan fingerprint density at radius 1 is 1.10 bits per heavy atom. The van der Waals surface area contributed by atoms with E-state index in [0.29, 0.717) is 22.6 Å². The molecule has 1 unspecified atom stereocenters. The van der Waals surface area contributed by atoms with Gasteiger partial charge in [0.15, 0.2) is 0 Å². The van der Waals surface area contributed by atoms with E-state index in [1.165, 1.54) is 31.3 Å². The number of nitrogens with zero attached hydrogens (tertiary/aromatic N) is 1. The molecule has 3 N–H and O–H groups in total. The Labute approximate surface area is 240 Å². The Kier molecular flexibility index (Phi) is 8.27. The van der Waals surface area contributed by atoms with Crippen LogP contribution in [0.25, 0.3) is 22.3 Å². The van der Waals surface area contributed by atoms with Crippen molar-refractivity contribution in [1.29, 1.82) is 0 Å². The van der Waals surface area contributed by atoms with Crippen LogP contribution < -0.4 is 10.8 Å². The molecular formula is C28H24BF4N2O6S-. The molecule has 42 heavy (non-hydrogen) atoms. The number of halogens is 4. The second-order valence-corrected chi connectivity index (χ2v) is 11.0. The van der Waals surface area contributed by atoms with E-state index in [2.05, 4.69) is 5.32 Å². The van der Waals surface area contributed by atoms with Crippen molar-refractivity contribution in [3.8, 4) is 11.3 Å². The van der Waals surface area contributed by atoms with Crippen molar-refractivity contribution in [2.75, 3.05) is 7.05 Å². The highest BCUT2D eigenvalue weighted by Crippen LogP contribution is 2.45. The first-order valence-electron chi connectivity index (χ1n) is 12.8. The lowest BCUT2D eigenvalue weighted by Crippen LogP contribution is -2.32. The minimum Gasteiger partial charge on any atom is -0.760 e. The number of rotatable bonds is 9. The summed E-state index contributed by atoms with van der Waals surface area (Å²) in [6, 6.07) is 11.4. The SMILES string of the molecule is CNC(=O)c1c(-c2ccc(F)cc2)oc2cc(CN(Cc3ccc(B(O)O)cc3C(F)(F)F)S(=O)[O-])c(C3CC3)cc12. The van der Waals surface area contributed by atoms with Gasteiger partial charge in [0, 0.05) is 42.4 Å². The number of carbonyl (C=O) groups excluding carboxylic acids is 1. The van der Waals surface area contributed by atoms with Crippen LogP contribution in [0.3, 0.4) is 0 Å². The summed E-state index contributed by atoms with van der Waals surface area (Å²) >= 11 is -2.94. The van der Waals surface area contributed by atoms with Crippen LogP contribution in [0.1, 0.15) is 51.4 Å². The van der Waals surface area contributed by atoms with Crippen LogP contribution in [-0.4, -0.2) is 43.2 Å². The van der Waals surface area contributed by atoms with Crippen LogP contribution in [0, 0.1) is 5.82 Å². The number of carbonyl (C=O) groups is 1. The van der Waals surface area contributed by atoms with Gasteiger partial charge in [-0.3, -0.25) is 9.00 Å². The average Bonchev–Trinajstić information content (AvgIpc) is 3.72. The number of amides is 1. The summed E-state index contributed by atoms with van der Waals surface area (Å²) in [4.78, 5) is 12.9. The van der Waals surface area contributed by atoms with Gasteiger partial charge in [-0.1, -0.05) is 12.1 Å². The van der Waals surface area contributed by atoms with Gasteiger partial charge in [0.25, 0.3) is 5.91 Å². The summed E-state index contributed by atoms with van der Waals surface area (Å²) < 4.78 is 86.4. The van der Waals surface area contributed by atoms with Crippen LogP contribution in [0.2, 0.25) is 0 Å². The average molecular weight is 603 g/mol. The molecule has 14 heteroatoms. The highest BCUT2D eigenvalue weighted by atomic mass is 32.2. The molecule has 1 heterocycles. The maximum absolute atomic E-state index is 13.8. The molecule has 220 valence electrons. The monoisotopic (exact) mass is 603 g/mol. The Balaban J connectivity index is 1.58. The number of hydrogen-bond acceptors (Lipinski definition) is 6. The lowest BCUT2D eigenvalue weighted by Gasteiger charge is -2.27. The normalized spacial score (nSPS) is 14.4. The van der Waals surface area contributed by atoms with E-state index in [1.807, 2.05) is 0 Å². The minimum absolute atomic E-state index is 0.0594. The van der Waals surface area contributed by atoms with Crippen LogP contribution in [0.15, 0.2) is 59.0 Å². The molecule has 1 aliphatic carbocycles. The number of alkyl halides is 3. The summed E-state index contributed by atoms with van der Waals surface area (Å²) in [5.74, 6) is -0.671. The molecule has 4 aromatic rings. The summed E-state index contributed by atoms with van der Waals surface area (Å²) in [5.41, 5.74) is 0.204. The fourth-order valence-electron chi connectivity index (χ4n) is 4.97. The third-order valence-electron chi connectivity index (χ3n) is 7.17. The van der Waals surface area contributed by atoms with E-state index in [4.69, 9.17) is 4.42 Å². The van der Waals surface area contributed by atoms with Gasteiger partial charge in [-0.25, -0.2) is 8.70 Å². The predicted octanol–water partition coefficient (Wildman–Crippen LogP) is 3.97. The Morgan fingerprint density at radius 3 is 2.33 bits per heavy atom. The predicted molar refractivity (Wildman–Crippen MR) is 146 cm³/mol. The molecule has 1 atom stereocenters. The first kappa shape index (κ1) is 29.9. The topological polar surface area (TPSA) is 126 Å². The summed E-state index contributed by atoms with van der Waals surface area (Å²) in [6.45, 7) is -0.932. The molecule has 0 aliphatic heterocycles. The third kappa shape index (κ3) is 6.13. The molecule has 1 aromatic heterocycles. The van der Waals surface area contributed by atoms with E-state index in [0.717, 1.165) is 34.8 Å². The van der Waals surface area contributed by atoms with Gasteiger partial charge < -0.3 is 24.3 Å². The number of fused-ring (bicyclic) bond motifs is 1. The second kappa shape index (κ2) is 11.6. The zero-order valence-electron chi connectivity index (χ0n) is 22.1. The first-order chi connectivity index (χ1) is 19.9.